The van der Waals surface area contributed by atoms with E-state index in [0.717, 1.165) is 18.4 Å². The summed E-state index contributed by atoms with van der Waals surface area (Å²) in [5, 5.41) is 0. The third-order valence-corrected chi connectivity index (χ3v) is 5.42. The van der Waals surface area contributed by atoms with Crippen LogP contribution in [-0.2, 0) is 14.8 Å². The van der Waals surface area contributed by atoms with Gasteiger partial charge in [-0.3, -0.25) is 0 Å². The molecule has 1 aliphatic heterocycles. The molecule has 2 rings (SSSR count). The lowest BCUT2D eigenvalue weighted by atomic mass is 9.97. The predicted octanol–water partition coefficient (Wildman–Crippen LogP) is 1.73. The molecule has 6 heteroatoms. The van der Waals surface area contributed by atoms with Crippen molar-refractivity contribution in [2.45, 2.75) is 44.0 Å². The number of anilines is 1. The van der Waals surface area contributed by atoms with Gasteiger partial charge in [0, 0.05) is 12.3 Å². The number of hydrogen-bond acceptors (Lipinski definition) is 4. The van der Waals surface area contributed by atoms with Crippen molar-refractivity contribution < 1.29 is 13.2 Å². The largest absolute Gasteiger partial charge is 0.398 e. The number of nitrogens with one attached hydrogen (secondary N) is 1. The lowest BCUT2D eigenvalue weighted by Crippen LogP contribution is -2.51. The van der Waals surface area contributed by atoms with Crippen LogP contribution in [0, 0.1) is 13.8 Å². The Hall–Kier alpha value is -1.11. The summed E-state index contributed by atoms with van der Waals surface area (Å²) in [6, 6.07) is 3.43. The highest BCUT2D eigenvalue weighted by Crippen LogP contribution is 2.26. The van der Waals surface area contributed by atoms with E-state index in [9.17, 15) is 8.42 Å². The van der Waals surface area contributed by atoms with E-state index < -0.39 is 15.6 Å². The van der Waals surface area contributed by atoms with Gasteiger partial charge in [0.2, 0.25) is 10.0 Å². The summed E-state index contributed by atoms with van der Waals surface area (Å²) in [5.41, 5.74) is 7.23. The molecule has 3 N–H and O–H groups in total. The van der Waals surface area contributed by atoms with Crippen LogP contribution in [0.1, 0.15) is 30.9 Å². The molecule has 1 atom stereocenters. The summed E-state index contributed by atoms with van der Waals surface area (Å²) in [6.07, 6.45) is 1.63. The van der Waals surface area contributed by atoms with Gasteiger partial charge in [-0.1, -0.05) is 0 Å². The Morgan fingerprint density at radius 3 is 2.65 bits per heavy atom. The van der Waals surface area contributed by atoms with Crippen LogP contribution >= 0.6 is 0 Å². The molecule has 0 spiro atoms. The zero-order valence-electron chi connectivity index (χ0n) is 12.2. The van der Waals surface area contributed by atoms with Crippen molar-refractivity contribution in [3.05, 3.63) is 23.3 Å². The fourth-order valence-electron chi connectivity index (χ4n) is 2.53. The van der Waals surface area contributed by atoms with Crippen molar-refractivity contribution in [3.63, 3.8) is 0 Å². The highest BCUT2D eigenvalue weighted by Gasteiger charge is 2.33. The molecule has 1 heterocycles. The van der Waals surface area contributed by atoms with Gasteiger partial charge in [-0.05, 0) is 56.9 Å². The van der Waals surface area contributed by atoms with Crippen LogP contribution in [0.15, 0.2) is 17.0 Å². The number of ether oxygens (including phenoxy) is 1. The minimum Gasteiger partial charge on any atom is -0.398 e. The number of aryl methyl sites for hydroxylation is 1. The van der Waals surface area contributed by atoms with E-state index in [1.807, 2.05) is 13.8 Å². The van der Waals surface area contributed by atoms with E-state index in [1.165, 1.54) is 0 Å². The van der Waals surface area contributed by atoms with E-state index >= 15 is 0 Å². The molecule has 20 heavy (non-hydrogen) atoms. The molecule has 0 radical (unpaired) electrons. The summed E-state index contributed by atoms with van der Waals surface area (Å²) in [6.45, 7) is 6.52. The first-order valence-electron chi connectivity index (χ1n) is 6.72. The van der Waals surface area contributed by atoms with Crippen LogP contribution in [0.2, 0.25) is 0 Å². The van der Waals surface area contributed by atoms with Crippen molar-refractivity contribution >= 4 is 15.7 Å². The van der Waals surface area contributed by atoms with Crippen LogP contribution in [0.3, 0.4) is 0 Å². The Morgan fingerprint density at radius 2 is 2.05 bits per heavy atom. The number of hydrogen-bond donors (Lipinski definition) is 2. The average molecular weight is 298 g/mol. The number of nitrogen functional groups attached to an aromatic ring is 1. The minimum absolute atomic E-state index is 0.252. The SMILES string of the molecule is Cc1cc(N)c(C)c(S(=O)(=O)NC2(C)CCCOC2)c1. The molecule has 1 aromatic rings. The topological polar surface area (TPSA) is 81.4 Å². The first-order valence-corrected chi connectivity index (χ1v) is 8.20. The first kappa shape index (κ1) is 15.3. The second-order valence-corrected chi connectivity index (χ2v) is 7.45. The molecule has 0 amide bonds. The summed E-state index contributed by atoms with van der Waals surface area (Å²) in [7, 11) is -3.60. The van der Waals surface area contributed by atoms with Crippen molar-refractivity contribution in [2.24, 2.45) is 0 Å². The van der Waals surface area contributed by atoms with Crippen LogP contribution in [-0.4, -0.2) is 27.2 Å². The van der Waals surface area contributed by atoms with Gasteiger partial charge >= 0.3 is 0 Å². The molecule has 5 nitrogen and oxygen atoms in total. The number of benzene rings is 1. The third kappa shape index (κ3) is 3.13. The van der Waals surface area contributed by atoms with Gasteiger partial charge < -0.3 is 10.5 Å². The van der Waals surface area contributed by atoms with Crippen molar-refractivity contribution in [1.82, 2.24) is 4.72 Å². The number of sulfonamides is 1. The van der Waals surface area contributed by atoms with Crippen molar-refractivity contribution in [2.75, 3.05) is 18.9 Å². The molecule has 1 unspecified atom stereocenters. The summed E-state index contributed by atoms with van der Waals surface area (Å²) < 4.78 is 33.4. The summed E-state index contributed by atoms with van der Waals surface area (Å²) >= 11 is 0. The number of nitrogens with two attached hydrogens (primary N) is 1. The Morgan fingerprint density at radius 1 is 1.35 bits per heavy atom. The molecular formula is C14H22N2O3S. The highest BCUT2D eigenvalue weighted by atomic mass is 32.2. The van der Waals surface area contributed by atoms with Gasteiger partial charge in [0.1, 0.15) is 0 Å². The highest BCUT2D eigenvalue weighted by molar-refractivity contribution is 7.89. The van der Waals surface area contributed by atoms with Gasteiger partial charge in [-0.15, -0.1) is 0 Å². The second kappa shape index (κ2) is 5.35. The minimum atomic E-state index is -3.60. The molecule has 1 aromatic carbocycles. The van der Waals surface area contributed by atoms with Gasteiger partial charge in [-0.2, -0.15) is 0 Å². The van der Waals surface area contributed by atoms with Crippen LogP contribution < -0.4 is 10.5 Å². The van der Waals surface area contributed by atoms with E-state index in [1.54, 1.807) is 19.1 Å². The fraction of sp³-hybridized carbons (Fsp3) is 0.571. The molecule has 1 fully saturated rings. The standard InChI is InChI=1S/C14H22N2O3S/c1-10-7-12(15)11(2)13(8-10)20(17,18)16-14(3)5-4-6-19-9-14/h7-8,16H,4-6,9,15H2,1-3H3. The van der Waals surface area contributed by atoms with Gasteiger partial charge in [0.25, 0.3) is 0 Å². The molecule has 0 aromatic heterocycles. The average Bonchev–Trinajstić information content (AvgIpc) is 2.33. The fourth-order valence-corrected chi connectivity index (χ4v) is 4.31. The molecule has 0 bridgehead atoms. The Bertz CT molecular complexity index is 605. The summed E-state index contributed by atoms with van der Waals surface area (Å²) in [4.78, 5) is 0.252. The van der Waals surface area contributed by atoms with E-state index in [2.05, 4.69) is 4.72 Å². The molecule has 1 aliphatic rings. The second-order valence-electron chi connectivity index (χ2n) is 5.80. The molecule has 112 valence electrons. The van der Waals surface area contributed by atoms with Gasteiger partial charge in [0.15, 0.2) is 0 Å². The van der Waals surface area contributed by atoms with Crippen molar-refractivity contribution in [3.8, 4) is 0 Å². The van der Waals surface area contributed by atoms with E-state index in [0.29, 0.717) is 24.5 Å². The zero-order chi connectivity index (χ0) is 15.0. The van der Waals surface area contributed by atoms with E-state index in [-0.39, 0.29) is 4.90 Å². The van der Waals surface area contributed by atoms with Crippen LogP contribution in [0.25, 0.3) is 0 Å². The predicted molar refractivity (Wildman–Crippen MR) is 79.1 cm³/mol. The third-order valence-electron chi connectivity index (χ3n) is 3.65. The summed E-state index contributed by atoms with van der Waals surface area (Å²) in [5.74, 6) is 0. The maximum absolute atomic E-state index is 12.6. The lowest BCUT2D eigenvalue weighted by molar-refractivity contribution is 0.0386. The van der Waals surface area contributed by atoms with E-state index in [4.69, 9.17) is 10.5 Å². The molecule has 0 aliphatic carbocycles. The normalized spacial score (nSPS) is 23.8. The molecule has 1 saturated heterocycles. The first-order chi connectivity index (χ1) is 9.23. The van der Waals surface area contributed by atoms with Crippen LogP contribution in [0.4, 0.5) is 5.69 Å². The lowest BCUT2D eigenvalue weighted by Gasteiger charge is -2.34. The zero-order valence-corrected chi connectivity index (χ0v) is 13.0. The van der Waals surface area contributed by atoms with Gasteiger partial charge in [-0.25, -0.2) is 13.1 Å². The van der Waals surface area contributed by atoms with Gasteiger partial charge in [0.05, 0.1) is 17.0 Å². The molecule has 0 saturated carbocycles. The van der Waals surface area contributed by atoms with Crippen LogP contribution in [0.5, 0.6) is 0 Å². The van der Waals surface area contributed by atoms with Crippen molar-refractivity contribution in [1.29, 1.82) is 0 Å². The Kier molecular flexibility index (Phi) is 4.09. The quantitative estimate of drug-likeness (QED) is 0.833. The number of rotatable bonds is 3. The maximum atomic E-state index is 12.6. The smallest absolute Gasteiger partial charge is 0.241 e. The maximum Gasteiger partial charge on any atom is 0.241 e. The Balaban J connectivity index is 2.36. The Labute approximate surface area is 120 Å². The monoisotopic (exact) mass is 298 g/mol. The molecular weight excluding hydrogens is 276 g/mol.